The molecule has 1 nitrogen and oxygen atoms in total. The molecule has 0 heterocycles. The van der Waals surface area contributed by atoms with Crippen LogP contribution >= 0.6 is 0 Å². The van der Waals surface area contributed by atoms with E-state index in [1.54, 1.807) is 0 Å². The van der Waals surface area contributed by atoms with Crippen molar-refractivity contribution in [1.29, 1.82) is 0 Å². The van der Waals surface area contributed by atoms with Crippen LogP contribution in [0.4, 0.5) is 0 Å². The van der Waals surface area contributed by atoms with Gasteiger partial charge in [-0.1, -0.05) is 12.8 Å². The first-order valence-corrected chi connectivity index (χ1v) is 4.46. The zero-order chi connectivity index (χ0) is 7.03. The van der Waals surface area contributed by atoms with Crippen molar-refractivity contribution in [2.75, 3.05) is 6.61 Å². The third kappa shape index (κ3) is 0.878. The molecule has 2 aliphatic rings. The van der Waals surface area contributed by atoms with Crippen molar-refractivity contribution in [1.82, 2.24) is 0 Å². The predicted molar refractivity (Wildman–Crippen MR) is 40.7 cm³/mol. The fourth-order valence-corrected chi connectivity index (χ4v) is 2.83. The van der Waals surface area contributed by atoms with E-state index < -0.39 is 0 Å². The van der Waals surface area contributed by atoms with E-state index in [-0.39, 0.29) is 0 Å². The minimum Gasteiger partial charge on any atom is -0.396 e. The molecular formula is C9H16O. The Kier molecular flexibility index (Phi) is 1.48. The first-order chi connectivity index (χ1) is 4.85. The quantitative estimate of drug-likeness (QED) is 0.590. The Labute approximate surface area is 62.4 Å². The molecule has 2 rings (SSSR count). The third-order valence-electron chi connectivity index (χ3n) is 3.37. The summed E-state index contributed by atoms with van der Waals surface area (Å²) in [5.41, 5.74) is 0.730. The molecule has 2 aliphatic carbocycles. The molecule has 0 unspecified atom stereocenters. The molecule has 0 amide bonds. The van der Waals surface area contributed by atoms with Crippen LogP contribution < -0.4 is 0 Å². The van der Waals surface area contributed by atoms with Crippen molar-refractivity contribution in [3.63, 3.8) is 0 Å². The Morgan fingerprint density at radius 2 is 1.80 bits per heavy atom. The lowest BCUT2D eigenvalue weighted by molar-refractivity contribution is 0.0221. The molecule has 1 spiro atoms. The molecular weight excluding hydrogens is 124 g/mol. The molecule has 2 saturated carbocycles. The Morgan fingerprint density at radius 1 is 1.20 bits per heavy atom. The Morgan fingerprint density at radius 3 is 2.30 bits per heavy atom. The minimum atomic E-state index is 0.432. The summed E-state index contributed by atoms with van der Waals surface area (Å²) in [6.07, 6.45) is 8.43. The maximum Gasteiger partial charge on any atom is 0.0459 e. The zero-order valence-electron chi connectivity index (χ0n) is 6.47. The molecule has 0 radical (unpaired) electrons. The van der Waals surface area contributed by atoms with Gasteiger partial charge in [-0.3, -0.25) is 0 Å². The molecule has 0 bridgehead atoms. The van der Waals surface area contributed by atoms with E-state index in [0.717, 1.165) is 5.41 Å². The molecule has 10 heavy (non-hydrogen) atoms. The lowest BCUT2D eigenvalue weighted by atomic mass is 9.61. The third-order valence-corrected chi connectivity index (χ3v) is 3.37. The summed E-state index contributed by atoms with van der Waals surface area (Å²) in [5.74, 6) is 0.665. The van der Waals surface area contributed by atoms with Crippen molar-refractivity contribution >= 4 is 0 Å². The van der Waals surface area contributed by atoms with Gasteiger partial charge in [0.1, 0.15) is 0 Å². The molecule has 0 aromatic heterocycles. The lowest BCUT2D eigenvalue weighted by Crippen LogP contribution is -2.36. The van der Waals surface area contributed by atoms with Gasteiger partial charge in [0, 0.05) is 6.61 Å². The normalized spacial score (nSPS) is 30.9. The maximum absolute atomic E-state index is 8.83. The fourth-order valence-electron chi connectivity index (χ4n) is 2.83. The van der Waals surface area contributed by atoms with Gasteiger partial charge in [-0.2, -0.15) is 0 Å². The summed E-state index contributed by atoms with van der Waals surface area (Å²) in [4.78, 5) is 0. The van der Waals surface area contributed by atoms with Crippen LogP contribution in [-0.2, 0) is 0 Å². The monoisotopic (exact) mass is 140 g/mol. The summed E-state index contributed by atoms with van der Waals surface area (Å²) in [6, 6.07) is 0. The highest BCUT2D eigenvalue weighted by Gasteiger charge is 2.44. The smallest absolute Gasteiger partial charge is 0.0459 e. The lowest BCUT2D eigenvalue weighted by Gasteiger charge is -2.44. The minimum absolute atomic E-state index is 0.432. The van der Waals surface area contributed by atoms with Gasteiger partial charge in [0.15, 0.2) is 0 Å². The van der Waals surface area contributed by atoms with Crippen molar-refractivity contribution in [3.8, 4) is 0 Å². The number of aliphatic hydroxyl groups excluding tert-OH is 1. The van der Waals surface area contributed by atoms with Crippen LogP contribution in [-0.4, -0.2) is 11.7 Å². The van der Waals surface area contributed by atoms with E-state index in [2.05, 4.69) is 0 Å². The molecule has 0 aliphatic heterocycles. The van der Waals surface area contributed by atoms with Crippen LogP contribution in [0.5, 0.6) is 0 Å². The predicted octanol–water partition coefficient (Wildman–Crippen LogP) is 1.95. The highest BCUT2D eigenvalue weighted by atomic mass is 16.3. The van der Waals surface area contributed by atoms with E-state index >= 15 is 0 Å². The van der Waals surface area contributed by atoms with Crippen molar-refractivity contribution in [2.24, 2.45) is 11.3 Å². The van der Waals surface area contributed by atoms with E-state index in [9.17, 15) is 0 Å². The average Bonchev–Trinajstić information content (AvgIpc) is 2.30. The molecule has 1 N–H and O–H groups in total. The first-order valence-electron chi connectivity index (χ1n) is 4.46. The van der Waals surface area contributed by atoms with Crippen LogP contribution in [0.15, 0.2) is 0 Å². The molecule has 2 fully saturated rings. The Balaban J connectivity index is 1.86. The van der Waals surface area contributed by atoms with E-state index in [1.165, 1.54) is 38.5 Å². The van der Waals surface area contributed by atoms with E-state index in [0.29, 0.717) is 12.5 Å². The second-order valence-corrected chi connectivity index (χ2v) is 4.16. The van der Waals surface area contributed by atoms with Gasteiger partial charge in [0.25, 0.3) is 0 Å². The molecule has 0 aromatic rings. The van der Waals surface area contributed by atoms with Gasteiger partial charge in [0.2, 0.25) is 0 Å². The van der Waals surface area contributed by atoms with Gasteiger partial charge >= 0.3 is 0 Å². The van der Waals surface area contributed by atoms with Crippen LogP contribution in [0.1, 0.15) is 38.5 Å². The summed E-state index contributed by atoms with van der Waals surface area (Å²) < 4.78 is 0. The van der Waals surface area contributed by atoms with Crippen LogP contribution in [0.2, 0.25) is 0 Å². The van der Waals surface area contributed by atoms with Gasteiger partial charge < -0.3 is 5.11 Å². The van der Waals surface area contributed by atoms with Crippen molar-refractivity contribution < 1.29 is 5.11 Å². The van der Waals surface area contributed by atoms with Gasteiger partial charge in [-0.15, -0.1) is 0 Å². The molecule has 0 saturated heterocycles. The fraction of sp³-hybridized carbons (Fsp3) is 1.00. The van der Waals surface area contributed by atoms with Crippen molar-refractivity contribution in [2.45, 2.75) is 38.5 Å². The van der Waals surface area contributed by atoms with E-state index in [4.69, 9.17) is 5.11 Å². The summed E-state index contributed by atoms with van der Waals surface area (Å²) in [5, 5.41) is 8.83. The summed E-state index contributed by atoms with van der Waals surface area (Å²) in [7, 11) is 0. The van der Waals surface area contributed by atoms with Gasteiger partial charge in [-0.05, 0) is 37.0 Å². The average molecular weight is 140 g/mol. The molecule has 0 aromatic carbocycles. The Hall–Kier alpha value is -0.0400. The summed E-state index contributed by atoms with van der Waals surface area (Å²) >= 11 is 0. The van der Waals surface area contributed by atoms with Gasteiger partial charge in [0.05, 0.1) is 0 Å². The van der Waals surface area contributed by atoms with Crippen molar-refractivity contribution in [3.05, 3.63) is 0 Å². The number of aliphatic hydroxyl groups is 1. The van der Waals surface area contributed by atoms with Crippen LogP contribution in [0.3, 0.4) is 0 Å². The van der Waals surface area contributed by atoms with Crippen LogP contribution in [0, 0.1) is 11.3 Å². The second-order valence-electron chi connectivity index (χ2n) is 4.16. The van der Waals surface area contributed by atoms with E-state index in [1.807, 2.05) is 0 Å². The molecule has 1 heteroatoms. The first kappa shape index (κ1) is 6.66. The molecule has 58 valence electrons. The highest BCUT2D eigenvalue weighted by molar-refractivity contribution is 4.96. The number of hydrogen-bond donors (Lipinski definition) is 1. The topological polar surface area (TPSA) is 20.2 Å². The SMILES string of the molecule is OCC1CC2(CCCC2)C1. The number of rotatable bonds is 1. The standard InChI is InChI=1S/C9H16O/c10-7-8-5-9(6-8)3-1-2-4-9/h8,10H,1-7H2. The molecule has 0 atom stereocenters. The Bertz CT molecular complexity index is 117. The highest BCUT2D eigenvalue weighted by Crippen LogP contribution is 2.55. The van der Waals surface area contributed by atoms with Gasteiger partial charge in [-0.25, -0.2) is 0 Å². The number of hydrogen-bond acceptors (Lipinski definition) is 1. The zero-order valence-corrected chi connectivity index (χ0v) is 6.47. The maximum atomic E-state index is 8.83. The second kappa shape index (κ2) is 2.23. The van der Waals surface area contributed by atoms with Crippen LogP contribution in [0.25, 0.3) is 0 Å². The summed E-state index contributed by atoms with van der Waals surface area (Å²) in [6.45, 7) is 0.432. The largest absolute Gasteiger partial charge is 0.396 e.